The molecule has 3 aromatic rings. The summed E-state index contributed by atoms with van der Waals surface area (Å²) in [6.45, 7) is 2.14. The van der Waals surface area contributed by atoms with Gasteiger partial charge in [0.25, 0.3) is 0 Å². The maximum absolute atomic E-state index is 4.73. The largest absolute Gasteiger partial charge is 0.375 e. The average molecular weight is 377 g/mol. The van der Waals surface area contributed by atoms with Crippen LogP contribution in [0.5, 0.6) is 0 Å². The molecule has 0 saturated heterocycles. The van der Waals surface area contributed by atoms with E-state index in [0.29, 0.717) is 0 Å². The Morgan fingerprint density at radius 3 is 2.70 bits per heavy atom. The maximum Gasteiger partial charge on any atom is 0.131 e. The van der Waals surface area contributed by atoms with Gasteiger partial charge in [0, 0.05) is 16.3 Å². The number of aryl methyl sites for hydroxylation is 1. The Hall–Kier alpha value is -1.56. The number of aromatic nitrogens is 2. The summed E-state index contributed by atoms with van der Waals surface area (Å²) in [4.78, 5) is 4.73. The molecule has 0 bridgehead atoms. The predicted octanol–water partition coefficient (Wildman–Crippen LogP) is 4.35. The van der Waals surface area contributed by atoms with Gasteiger partial charge in [-0.2, -0.15) is 0 Å². The Labute approximate surface area is 132 Å². The molecule has 3 rings (SSSR count). The molecule has 102 valence electrons. The summed E-state index contributed by atoms with van der Waals surface area (Å²) in [7, 11) is 2.07. The summed E-state index contributed by atoms with van der Waals surface area (Å²) < 4.78 is 3.38. The number of benzene rings is 2. The molecule has 0 aliphatic carbocycles. The molecular formula is C16H16IN3. The molecule has 1 atom stereocenters. The van der Waals surface area contributed by atoms with Crippen LogP contribution < -0.4 is 5.32 Å². The maximum atomic E-state index is 4.73. The standard InChI is InChI=1S/C16H16IN3/c1-11(18-13-7-5-6-12(17)10-13)16-19-14-8-3-4-9-15(14)20(16)2/h3-11,18H,1-2H3. The fraction of sp³-hybridized carbons (Fsp3) is 0.188. The number of hydrogen-bond donors (Lipinski definition) is 1. The smallest absolute Gasteiger partial charge is 0.131 e. The SMILES string of the molecule is CC(Nc1cccc(I)c1)c1nc2ccccc2n1C. The normalized spacial score (nSPS) is 12.6. The van der Waals surface area contributed by atoms with E-state index in [1.807, 2.05) is 12.1 Å². The number of rotatable bonds is 3. The highest BCUT2D eigenvalue weighted by molar-refractivity contribution is 14.1. The van der Waals surface area contributed by atoms with Gasteiger partial charge >= 0.3 is 0 Å². The zero-order valence-electron chi connectivity index (χ0n) is 11.5. The topological polar surface area (TPSA) is 29.9 Å². The predicted molar refractivity (Wildman–Crippen MR) is 91.9 cm³/mol. The number of nitrogens with one attached hydrogen (secondary N) is 1. The molecule has 3 nitrogen and oxygen atoms in total. The highest BCUT2D eigenvalue weighted by Gasteiger charge is 2.14. The monoisotopic (exact) mass is 377 g/mol. The first-order valence-corrected chi connectivity index (χ1v) is 7.66. The van der Waals surface area contributed by atoms with E-state index in [2.05, 4.69) is 82.8 Å². The minimum absolute atomic E-state index is 0.158. The molecule has 0 spiro atoms. The summed E-state index contributed by atoms with van der Waals surface area (Å²) in [5.41, 5.74) is 3.33. The van der Waals surface area contributed by atoms with Crippen LogP contribution in [-0.2, 0) is 7.05 Å². The zero-order chi connectivity index (χ0) is 14.1. The van der Waals surface area contributed by atoms with E-state index in [9.17, 15) is 0 Å². The van der Waals surface area contributed by atoms with Crippen LogP contribution in [0.15, 0.2) is 48.5 Å². The molecule has 4 heteroatoms. The quantitative estimate of drug-likeness (QED) is 0.688. The van der Waals surface area contributed by atoms with Crippen molar-refractivity contribution in [3.8, 4) is 0 Å². The lowest BCUT2D eigenvalue weighted by atomic mass is 10.2. The summed E-state index contributed by atoms with van der Waals surface area (Å²) in [5, 5.41) is 3.51. The number of fused-ring (bicyclic) bond motifs is 1. The van der Waals surface area contributed by atoms with Gasteiger partial charge in [-0.25, -0.2) is 4.98 Å². The summed E-state index contributed by atoms with van der Waals surface area (Å²) >= 11 is 2.32. The average Bonchev–Trinajstić information content (AvgIpc) is 2.77. The van der Waals surface area contributed by atoms with Crippen molar-refractivity contribution >= 4 is 39.3 Å². The molecular weight excluding hydrogens is 361 g/mol. The van der Waals surface area contributed by atoms with Crippen LogP contribution in [0.4, 0.5) is 5.69 Å². The number of anilines is 1. The minimum atomic E-state index is 0.158. The Balaban J connectivity index is 1.92. The first-order valence-electron chi connectivity index (χ1n) is 6.58. The van der Waals surface area contributed by atoms with Gasteiger partial charge in [-0.1, -0.05) is 18.2 Å². The van der Waals surface area contributed by atoms with Gasteiger partial charge in [0.1, 0.15) is 5.82 Å². The first-order chi connectivity index (χ1) is 9.65. The van der Waals surface area contributed by atoms with Crippen molar-refractivity contribution in [2.45, 2.75) is 13.0 Å². The zero-order valence-corrected chi connectivity index (χ0v) is 13.6. The molecule has 1 heterocycles. The van der Waals surface area contributed by atoms with E-state index in [1.54, 1.807) is 0 Å². The Kier molecular flexibility index (Phi) is 3.65. The van der Waals surface area contributed by atoms with Crippen LogP contribution in [0.25, 0.3) is 11.0 Å². The van der Waals surface area contributed by atoms with Crippen LogP contribution in [-0.4, -0.2) is 9.55 Å². The van der Waals surface area contributed by atoms with Crippen molar-refractivity contribution in [2.75, 3.05) is 5.32 Å². The third kappa shape index (κ3) is 2.52. The van der Waals surface area contributed by atoms with Gasteiger partial charge in [-0.15, -0.1) is 0 Å². The molecule has 2 aromatic carbocycles. The van der Waals surface area contributed by atoms with E-state index in [1.165, 1.54) is 9.09 Å². The molecule has 1 aromatic heterocycles. The number of imidazole rings is 1. The van der Waals surface area contributed by atoms with Crippen molar-refractivity contribution < 1.29 is 0 Å². The number of hydrogen-bond acceptors (Lipinski definition) is 2. The highest BCUT2D eigenvalue weighted by Crippen LogP contribution is 2.23. The molecule has 0 radical (unpaired) electrons. The molecule has 1 unspecified atom stereocenters. The number of para-hydroxylation sites is 2. The van der Waals surface area contributed by atoms with Gasteiger partial charge in [-0.05, 0) is 59.8 Å². The molecule has 0 fully saturated rings. The van der Waals surface area contributed by atoms with E-state index >= 15 is 0 Å². The molecule has 0 saturated carbocycles. The summed E-state index contributed by atoms with van der Waals surface area (Å²) in [6, 6.07) is 16.8. The van der Waals surface area contributed by atoms with Crippen molar-refractivity contribution in [3.63, 3.8) is 0 Å². The van der Waals surface area contributed by atoms with Crippen LogP contribution in [0.2, 0.25) is 0 Å². The summed E-state index contributed by atoms with van der Waals surface area (Å²) in [6.07, 6.45) is 0. The van der Waals surface area contributed by atoms with E-state index < -0.39 is 0 Å². The molecule has 0 aliphatic rings. The van der Waals surface area contributed by atoms with Crippen LogP contribution in [0, 0.1) is 3.57 Å². The van der Waals surface area contributed by atoms with E-state index in [4.69, 9.17) is 4.98 Å². The van der Waals surface area contributed by atoms with Crippen molar-refractivity contribution in [2.24, 2.45) is 7.05 Å². The van der Waals surface area contributed by atoms with Gasteiger partial charge < -0.3 is 9.88 Å². The fourth-order valence-corrected chi connectivity index (χ4v) is 2.99. The van der Waals surface area contributed by atoms with Crippen molar-refractivity contribution in [1.82, 2.24) is 9.55 Å². The summed E-state index contributed by atoms with van der Waals surface area (Å²) in [5.74, 6) is 1.05. The molecule has 1 N–H and O–H groups in total. The number of halogens is 1. The minimum Gasteiger partial charge on any atom is -0.375 e. The van der Waals surface area contributed by atoms with Gasteiger partial charge in [0.05, 0.1) is 17.1 Å². The third-order valence-electron chi connectivity index (χ3n) is 3.42. The Bertz CT molecular complexity index is 748. The lowest BCUT2D eigenvalue weighted by Gasteiger charge is -2.15. The Morgan fingerprint density at radius 1 is 1.15 bits per heavy atom. The second kappa shape index (κ2) is 5.44. The number of nitrogens with zero attached hydrogens (tertiary/aromatic N) is 2. The second-order valence-electron chi connectivity index (χ2n) is 4.89. The fourth-order valence-electron chi connectivity index (χ4n) is 2.44. The molecule has 20 heavy (non-hydrogen) atoms. The third-order valence-corrected chi connectivity index (χ3v) is 4.09. The van der Waals surface area contributed by atoms with Crippen molar-refractivity contribution in [3.05, 3.63) is 57.9 Å². The lowest BCUT2D eigenvalue weighted by Crippen LogP contribution is -2.12. The van der Waals surface area contributed by atoms with Crippen LogP contribution in [0.3, 0.4) is 0 Å². The van der Waals surface area contributed by atoms with E-state index in [0.717, 1.165) is 17.0 Å². The highest BCUT2D eigenvalue weighted by atomic mass is 127. The molecule has 0 amide bonds. The van der Waals surface area contributed by atoms with Crippen LogP contribution in [0.1, 0.15) is 18.8 Å². The van der Waals surface area contributed by atoms with E-state index in [-0.39, 0.29) is 6.04 Å². The first kappa shape index (κ1) is 13.4. The van der Waals surface area contributed by atoms with Gasteiger partial charge in [-0.3, -0.25) is 0 Å². The van der Waals surface area contributed by atoms with Crippen LogP contribution >= 0.6 is 22.6 Å². The van der Waals surface area contributed by atoms with Gasteiger partial charge in [0.15, 0.2) is 0 Å². The van der Waals surface area contributed by atoms with Crippen molar-refractivity contribution in [1.29, 1.82) is 0 Å². The molecule has 0 aliphatic heterocycles. The lowest BCUT2D eigenvalue weighted by molar-refractivity contribution is 0.734. The Morgan fingerprint density at radius 2 is 1.95 bits per heavy atom. The second-order valence-corrected chi connectivity index (χ2v) is 6.14. The van der Waals surface area contributed by atoms with Gasteiger partial charge in [0.2, 0.25) is 0 Å².